The van der Waals surface area contributed by atoms with Gasteiger partial charge in [0.05, 0.1) is 28.3 Å². The van der Waals surface area contributed by atoms with E-state index in [9.17, 15) is 18.0 Å². The molecule has 1 aliphatic rings. The first kappa shape index (κ1) is 23.9. The quantitative estimate of drug-likeness (QED) is 0.477. The molecule has 1 aliphatic heterocycles. The SMILES string of the molecule is CCOC(=O)c1c(NC(=O)c2ccccc2NS(=O)(=O)c2ccccc2)sc2c1CCN(C)C2. The zero-order chi connectivity index (χ0) is 24.3. The number of para-hydroxylation sites is 1. The summed E-state index contributed by atoms with van der Waals surface area (Å²) >= 11 is 1.35. The fourth-order valence-electron chi connectivity index (χ4n) is 3.78. The van der Waals surface area contributed by atoms with Gasteiger partial charge in [-0.1, -0.05) is 30.3 Å². The number of hydrogen-bond donors (Lipinski definition) is 2. The molecule has 0 saturated carbocycles. The third-order valence-electron chi connectivity index (χ3n) is 5.42. The number of nitrogens with one attached hydrogen (secondary N) is 2. The molecule has 0 atom stereocenters. The first-order valence-corrected chi connectivity index (χ1v) is 13.1. The van der Waals surface area contributed by atoms with Crippen molar-refractivity contribution in [2.24, 2.45) is 0 Å². The third-order valence-corrected chi connectivity index (χ3v) is 7.94. The summed E-state index contributed by atoms with van der Waals surface area (Å²) in [5, 5.41) is 3.24. The minimum absolute atomic E-state index is 0.0878. The van der Waals surface area contributed by atoms with Gasteiger partial charge in [-0.2, -0.15) is 0 Å². The maximum absolute atomic E-state index is 13.3. The van der Waals surface area contributed by atoms with Crippen LogP contribution in [-0.2, 0) is 27.7 Å². The van der Waals surface area contributed by atoms with Crippen LogP contribution in [0.25, 0.3) is 0 Å². The molecular weight excluding hydrogens is 474 g/mol. The molecule has 1 amide bonds. The molecule has 3 aromatic rings. The van der Waals surface area contributed by atoms with Gasteiger partial charge in [0, 0.05) is 18.0 Å². The van der Waals surface area contributed by atoms with Gasteiger partial charge in [0.2, 0.25) is 0 Å². The molecule has 1 aromatic heterocycles. The standard InChI is InChI=1S/C24H25N3O5S2/c1-3-32-24(29)21-18-13-14-27(2)15-20(18)33-23(21)25-22(28)17-11-7-8-12-19(17)26-34(30,31)16-9-5-4-6-10-16/h4-12,26H,3,13-15H2,1-2H3,(H,25,28). The van der Waals surface area contributed by atoms with Gasteiger partial charge in [-0.15, -0.1) is 11.3 Å². The number of nitrogens with zero attached hydrogens (tertiary/aromatic N) is 1. The molecular formula is C24H25N3O5S2. The van der Waals surface area contributed by atoms with Gasteiger partial charge < -0.3 is 15.0 Å². The van der Waals surface area contributed by atoms with Crippen LogP contribution >= 0.6 is 11.3 Å². The highest BCUT2D eigenvalue weighted by molar-refractivity contribution is 7.92. The van der Waals surface area contributed by atoms with Gasteiger partial charge in [0.25, 0.3) is 15.9 Å². The molecule has 2 N–H and O–H groups in total. The molecule has 0 spiro atoms. The van der Waals surface area contributed by atoms with Gasteiger partial charge in [-0.05, 0) is 50.2 Å². The normalized spacial score (nSPS) is 13.7. The first-order chi connectivity index (χ1) is 16.3. The largest absolute Gasteiger partial charge is 0.462 e. The number of amides is 1. The first-order valence-electron chi connectivity index (χ1n) is 10.8. The lowest BCUT2D eigenvalue weighted by Gasteiger charge is -2.22. The van der Waals surface area contributed by atoms with Crippen molar-refractivity contribution in [3.63, 3.8) is 0 Å². The molecule has 10 heteroatoms. The molecule has 0 saturated heterocycles. The van der Waals surface area contributed by atoms with E-state index in [0.29, 0.717) is 23.5 Å². The molecule has 2 heterocycles. The summed E-state index contributed by atoms with van der Waals surface area (Å²) in [5.74, 6) is -0.998. The van der Waals surface area contributed by atoms with Crippen LogP contribution in [0.5, 0.6) is 0 Å². The van der Waals surface area contributed by atoms with Crippen LogP contribution in [0.3, 0.4) is 0 Å². The second kappa shape index (κ2) is 9.96. The van der Waals surface area contributed by atoms with E-state index in [4.69, 9.17) is 4.74 Å². The van der Waals surface area contributed by atoms with Crippen LogP contribution in [0, 0.1) is 0 Å². The Morgan fingerprint density at radius 3 is 2.53 bits per heavy atom. The molecule has 0 fully saturated rings. The van der Waals surface area contributed by atoms with Crippen LogP contribution < -0.4 is 10.0 Å². The maximum atomic E-state index is 13.3. The average molecular weight is 500 g/mol. The number of carbonyl (C=O) groups excluding carboxylic acids is 2. The number of benzene rings is 2. The van der Waals surface area contributed by atoms with Gasteiger partial charge in [-0.25, -0.2) is 13.2 Å². The highest BCUT2D eigenvalue weighted by atomic mass is 32.2. The molecule has 2 aromatic carbocycles. The molecule has 0 radical (unpaired) electrons. The summed E-state index contributed by atoms with van der Waals surface area (Å²) in [6.07, 6.45) is 0.680. The molecule has 178 valence electrons. The van der Waals surface area contributed by atoms with Crippen molar-refractivity contribution in [3.8, 4) is 0 Å². The zero-order valence-corrected chi connectivity index (χ0v) is 20.5. The Hall–Kier alpha value is -3.21. The number of ether oxygens (including phenoxy) is 1. The summed E-state index contributed by atoms with van der Waals surface area (Å²) in [4.78, 5) is 29.2. The van der Waals surface area contributed by atoms with E-state index in [1.807, 2.05) is 7.05 Å². The van der Waals surface area contributed by atoms with Crippen LogP contribution in [0.1, 0.15) is 38.1 Å². The predicted molar refractivity (Wildman–Crippen MR) is 132 cm³/mol. The number of esters is 1. The lowest BCUT2D eigenvalue weighted by atomic mass is 10.0. The van der Waals surface area contributed by atoms with Crippen LogP contribution in [-0.4, -0.2) is 45.4 Å². The Morgan fingerprint density at radius 2 is 1.79 bits per heavy atom. The van der Waals surface area contributed by atoms with E-state index in [1.165, 1.54) is 35.6 Å². The van der Waals surface area contributed by atoms with E-state index >= 15 is 0 Å². The summed E-state index contributed by atoms with van der Waals surface area (Å²) in [6, 6.07) is 14.3. The summed E-state index contributed by atoms with van der Waals surface area (Å²) in [7, 11) is -1.89. The number of fused-ring (bicyclic) bond motifs is 1. The minimum atomic E-state index is -3.89. The Kier molecular flexibility index (Phi) is 7.01. The van der Waals surface area contributed by atoms with E-state index in [2.05, 4.69) is 14.9 Å². The fourth-order valence-corrected chi connectivity index (χ4v) is 6.19. The number of likely N-dealkylation sites (N-methyl/N-ethyl adjacent to an activating group) is 1. The summed E-state index contributed by atoms with van der Waals surface area (Å²) < 4.78 is 33.4. The van der Waals surface area contributed by atoms with Gasteiger partial charge in [0.15, 0.2) is 0 Å². The highest BCUT2D eigenvalue weighted by Crippen LogP contribution is 2.38. The molecule has 0 unspecified atom stereocenters. The van der Waals surface area contributed by atoms with Crippen molar-refractivity contribution in [3.05, 3.63) is 76.2 Å². The van der Waals surface area contributed by atoms with Crippen molar-refractivity contribution < 1.29 is 22.7 Å². The van der Waals surface area contributed by atoms with Crippen LogP contribution in [0.15, 0.2) is 59.5 Å². The monoisotopic (exact) mass is 499 g/mol. The molecule has 8 nitrogen and oxygen atoms in total. The number of hydrogen-bond acceptors (Lipinski definition) is 7. The predicted octanol–water partition coefficient (Wildman–Crippen LogP) is 3.97. The van der Waals surface area contributed by atoms with Crippen molar-refractivity contribution in [2.75, 3.05) is 30.2 Å². The topological polar surface area (TPSA) is 105 Å². The van der Waals surface area contributed by atoms with Crippen molar-refractivity contribution in [2.45, 2.75) is 24.8 Å². The van der Waals surface area contributed by atoms with Gasteiger partial charge >= 0.3 is 5.97 Å². The van der Waals surface area contributed by atoms with Crippen molar-refractivity contribution >= 4 is 43.9 Å². The van der Waals surface area contributed by atoms with E-state index in [0.717, 1.165) is 17.0 Å². The lowest BCUT2D eigenvalue weighted by Crippen LogP contribution is -2.26. The van der Waals surface area contributed by atoms with E-state index in [-0.39, 0.29) is 22.8 Å². The van der Waals surface area contributed by atoms with Crippen molar-refractivity contribution in [1.82, 2.24) is 4.90 Å². The molecule has 0 aliphatic carbocycles. The smallest absolute Gasteiger partial charge is 0.341 e. The van der Waals surface area contributed by atoms with E-state index < -0.39 is 21.9 Å². The van der Waals surface area contributed by atoms with Gasteiger partial charge in [-0.3, -0.25) is 9.52 Å². The Morgan fingerprint density at radius 1 is 1.09 bits per heavy atom. The number of carbonyl (C=O) groups is 2. The Bertz CT molecular complexity index is 1320. The molecule has 34 heavy (non-hydrogen) atoms. The van der Waals surface area contributed by atoms with Crippen LogP contribution in [0.4, 0.5) is 10.7 Å². The maximum Gasteiger partial charge on any atom is 0.341 e. The summed E-state index contributed by atoms with van der Waals surface area (Å²) in [6.45, 7) is 3.43. The molecule has 4 rings (SSSR count). The lowest BCUT2D eigenvalue weighted by molar-refractivity contribution is 0.0526. The second-order valence-electron chi connectivity index (χ2n) is 7.83. The van der Waals surface area contributed by atoms with Crippen LogP contribution in [0.2, 0.25) is 0 Å². The summed E-state index contributed by atoms with van der Waals surface area (Å²) in [5.41, 5.74) is 1.56. The minimum Gasteiger partial charge on any atom is -0.462 e. The second-order valence-corrected chi connectivity index (χ2v) is 10.6. The van der Waals surface area contributed by atoms with E-state index in [1.54, 1.807) is 37.3 Å². The Balaban J connectivity index is 1.65. The Labute approximate surface area is 202 Å². The number of thiophene rings is 1. The number of rotatable bonds is 7. The third kappa shape index (κ3) is 4.98. The molecule has 0 bridgehead atoms. The fraction of sp³-hybridized carbons (Fsp3) is 0.250. The van der Waals surface area contributed by atoms with Gasteiger partial charge in [0.1, 0.15) is 5.00 Å². The van der Waals surface area contributed by atoms with Crippen molar-refractivity contribution in [1.29, 1.82) is 0 Å². The zero-order valence-electron chi connectivity index (χ0n) is 18.8. The number of sulfonamides is 1. The number of anilines is 2. The highest BCUT2D eigenvalue weighted by Gasteiger charge is 2.29. The average Bonchev–Trinajstić information content (AvgIpc) is 3.16.